The summed E-state index contributed by atoms with van der Waals surface area (Å²) in [7, 11) is 0. The van der Waals surface area contributed by atoms with E-state index in [1.54, 1.807) is 0 Å². The van der Waals surface area contributed by atoms with Crippen molar-refractivity contribution in [3.8, 4) is 0 Å². The molecule has 0 aliphatic rings. The Kier molecular flexibility index (Phi) is 2.70. The van der Waals surface area contributed by atoms with Crippen molar-refractivity contribution in [2.24, 2.45) is 0 Å². The van der Waals surface area contributed by atoms with E-state index in [0.717, 1.165) is 0 Å². The Labute approximate surface area is 82.0 Å². The van der Waals surface area contributed by atoms with Crippen LogP contribution in [0, 0.1) is 5.92 Å². The van der Waals surface area contributed by atoms with Crippen LogP contribution in [0.5, 0.6) is 0 Å². The van der Waals surface area contributed by atoms with Gasteiger partial charge in [-0.05, 0) is 11.0 Å². The normalized spacial score (nSPS) is 11.5. The van der Waals surface area contributed by atoms with Crippen molar-refractivity contribution in [3.63, 3.8) is 0 Å². The molecule has 1 aromatic carbocycles. The van der Waals surface area contributed by atoms with Crippen LogP contribution in [0.4, 0.5) is 0 Å². The van der Waals surface area contributed by atoms with Crippen LogP contribution in [0.1, 0.15) is 45.7 Å². The molecule has 0 amide bonds. The maximum Gasteiger partial charge on any atom is 0.132 e. The molecule has 0 heteroatoms. The van der Waals surface area contributed by atoms with E-state index >= 15 is 0 Å². The largest absolute Gasteiger partial charge is 0.132 e. The Hall–Kier alpha value is -0.910. The molecule has 0 unspecified atom stereocenters. The van der Waals surface area contributed by atoms with Crippen LogP contribution < -0.4 is 0 Å². The molecule has 1 aromatic rings. The summed E-state index contributed by atoms with van der Waals surface area (Å²) in [4.78, 5) is 0. The molecule has 0 saturated carbocycles. The Morgan fingerprint density at radius 3 is 1.69 bits per heavy atom. The molecule has 0 aliphatic carbocycles. The standard InChI is InChI=1S/C13H19/c1-10(2)11-6-8-12(9-7-11)13(3,4)5/h6-9H,1-5H3/q+1. The van der Waals surface area contributed by atoms with E-state index in [1.807, 2.05) is 0 Å². The van der Waals surface area contributed by atoms with Crippen molar-refractivity contribution >= 4 is 0 Å². The predicted molar refractivity (Wildman–Crippen MR) is 58.8 cm³/mol. The third-order valence-corrected chi connectivity index (χ3v) is 2.33. The third-order valence-electron chi connectivity index (χ3n) is 2.33. The van der Waals surface area contributed by atoms with Crippen LogP contribution in [0.2, 0.25) is 0 Å². The first-order valence-electron chi connectivity index (χ1n) is 4.82. The van der Waals surface area contributed by atoms with Gasteiger partial charge in [-0.25, -0.2) is 0 Å². The molecule has 0 nitrogen and oxygen atoms in total. The highest BCUT2D eigenvalue weighted by Crippen LogP contribution is 2.23. The third kappa shape index (κ3) is 2.51. The molecule has 0 aliphatic heterocycles. The quantitative estimate of drug-likeness (QED) is 0.567. The van der Waals surface area contributed by atoms with Gasteiger partial charge in [0.15, 0.2) is 0 Å². The first-order chi connectivity index (χ1) is 5.91. The van der Waals surface area contributed by atoms with E-state index in [-0.39, 0.29) is 5.41 Å². The van der Waals surface area contributed by atoms with Crippen molar-refractivity contribution in [3.05, 3.63) is 41.3 Å². The predicted octanol–water partition coefficient (Wildman–Crippen LogP) is 3.95. The van der Waals surface area contributed by atoms with Gasteiger partial charge in [0.1, 0.15) is 5.56 Å². The number of rotatable bonds is 1. The average molecular weight is 175 g/mol. The molecule has 0 bridgehead atoms. The zero-order valence-electron chi connectivity index (χ0n) is 9.31. The first-order valence-corrected chi connectivity index (χ1v) is 4.82. The van der Waals surface area contributed by atoms with Gasteiger partial charge in [-0.3, -0.25) is 0 Å². The Bertz CT molecular complexity index is 259. The number of benzene rings is 1. The molecule has 0 N–H and O–H groups in total. The molecule has 0 aromatic heterocycles. The average Bonchev–Trinajstić information content (AvgIpc) is 2.03. The van der Waals surface area contributed by atoms with Crippen molar-refractivity contribution in [2.75, 3.05) is 0 Å². The fraction of sp³-hybridized carbons (Fsp3) is 0.462. The fourth-order valence-corrected chi connectivity index (χ4v) is 1.30. The minimum atomic E-state index is 0.264. The summed E-state index contributed by atoms with van der Waals surface area (Å²) in [5.41, 5.74) is 3.01. The van der Waals surface area contributed by atoms with Crippen molar-refractivity contribution < 1.29 is 0 Å². The highest BCUT2D eigenvalue weighted by molar-refractivity contribution is 5.33. The van der Waals surface area contributed by atoms with Gasteiger partial charge in [0.25, 0.3) is 0 Å². The molecule has 0 atom stereocenters. The number of hydrogen-bond acceptors (Lipinski definition) is 0. The first kappa shape index (κ1) is 10.2. The highest BCUT2D eigenvalue weighted by Gasteiger charge is 2.16. The lowest BCUT2D eigenvalue weighted by molar-refractivity contribution is 0.590. The van der Waals surface area contributed by atoms with E-state index in [9.17, 15) is 0 Å². The molecule has 70 valence electrons. The Morgan fingerprint density at radius 1 is 0.923 bits per heavy atom. The Morgan fingerprint density at radius 2 is 1.38 bits per heavy atom. The summed E-state index contributed by atoms with van der Waals surface area (Å²) in [6.45, 7) is 11.0. The van der Waals surface area contributed by atoms with Crippen LogP contribution in [0.15, 0.2) is 24.3 Å². The van der Waals surface area contributed by atoms with E-state index in [1.165, 1.54) is 17.0 Å². The smallest absolute Gasteiger partial charge is 0.0560 e. The Balaban J connectivity index is 2.94. The lowest BCUT2D eigenvalue weighted by atomic mass is 9.86. The van der Waals surface area contributed by atoms with Gasteiger partial charge >= 0.3 is 0 Å². The zero-order valence-corrected chi connectivity index (χ0v) is 9.31. The van der Waals surface area contributed by atoms with Gasteiger partial charge in [-0.1, -0.05) is 20.8 Å². The zero-order chi connectivity index (χ0) is 10.1. The SMILES string of the molecule is C[C+](C)c1ccc(C(C)(C)C)cc1. The molecule has 0 saturated heterocycles. The number of hydrogen-bond donors (Lipinski definition) is 0. The molecular weight excluding hydrogens is 156 g/mol. The van der Waals surface area contributed by atoms with Crippen molar-refractivity contribution in [1.29, 1.82) is 0 Å². The molecule has 0 spiro atoms. The van der Waals surface area contributed by atoms with Crippen LogP contribution >= 0.6 is 0 Å². The lowest BCUT2D eigenvalue weighted by Gasteiger charge is -2.17. The van der Waals surface area contributed by atoms with Crippen molar-refractivity contribution in [2.45, 2.75) is 40.0 Å². The van der Waals surface area contributed by atoms with Crippen LogP contribution in [-0.4, -0.2) is 0 Å². The van der Waals surface area contributed by atoms with E-state index in [0.29, 0.717) is 0 Å². The molecular formula is C13H19+. The highest BCUT2D eigenvalue weighted by atomic mass is 14.2. The minimum Gasteiger partial charge on any atom is -0.0560 e. The minimum absolute atomic E-state index is 0.264. The topological polar surface area (TPSA) is 0 Å². The summed E-state index contributed by atoms with van der Waals surface area (Å²) in [5.74, 6) is 1.38. The summed E-state index contributed by atoms with van der Waals surface area (Å²) in [6, 6.07) is 8.86. The van der Waals surface area contributed by atoms with Gasteiger partial charge in [-0.2, -0.15) is 0 Å². The van der Waals surface area contributed by atoms with Gasteiger partial charge in [0.05, 0.1) is 0 Å². The molecule has 1 rings (SSSR count). The van der Waals surface area contributed by atoms with Gasteiger partial charge in [-0.15, -0.1) is 0 Å². The van der Waals surface area contributed by atoms with Gasteiger partial charge < -0.3 is 0 Å². The second-order valence-corrected chi connectivity index (χ2v) is 4.83. The monoisotopic (exact) mass is 175 g/mol. The lowest BCUT2D eigenvalue weighted by Crippen LogP contribution is -2.10. The summed E-state index contributed by atoms with van der Waals surface area (Å²) >= 11 is 0. The maximum absolute atomic E-state index is 2.24. The van der Waals surface area contributed by atoms with Crippen molar-refractivity contribution in [1.82, 2.24) is 0 Å². The molecule has 0 heterocycles. The summed E-state index contributed by atoms with van der Waals surface area (Å²) in [5, 5.41) is 0. The fourth-order valence-electron chi connectivity index (χ4n) is 1.30. The van der Waals surface area contributed by atoms with E-state index < -0.39 is 0 Å². The van der Waals surface area contributed by atoms with Crippen LogP contribution in [-0.2, 0) is 5.41 Å². The van der Waals surface area contributed by atoms with Crippen LogP contribution in [0.3, 0.4) is 0 Å². The second kappa shape index (κ2) is 3.45. The van der Waals surface area contributed by atoms with Gasteiger partial charge in [0.2, 0.25) is 0 Å². The summed E-state index contributed by atoms with van der Waals surface area (Å²) in [6.07, 6.45) is 0. The van der Waals surface area contributed by atoms with Crippen LogP contribution in [0.25, 0.3) is 0 Å². The van der Waals surface area contributed by atoms with E-state index in [4.69, 9.17) is 0 Å². The van der Waals surface area contributed by atoms with Gasteiger partial charge in [0, 0.05) is 44.0 Å². The molecule has 0 fully saturated rings. The second-order valence-electron chi connectivity index (χ2n) is 4.83. The summed E-state index contributed by atoms with van der Waals surface area (Å²) < 4.78 is 0. The van der Waals surface area contributed by atoms with E-state index in [2.05, 4.69) is 58.9 Å². The molecule has 0 radical (unpaired) electrons. The molecule has 13 heavy (non-hydrogen) atoms. The maximum atomic E-state index is 2.24.